The number of piperidine rings is 1. The molecule has 2 aliphatic rings. The van der Waals surface area contributed by atoms with Crippen LogP contribution in [0.15, 0.2) is 24.4 Å². The van der Waals surface area contributed by atoms with Gasteiger partial charge in [0.15, 0.2) is 0 Å². The average Bonchev–Trinajstić information content (AvgIpc) is 2.48. The number of nitrogens with zero attached hydrogens (tertiary/aromatic N) is 2. The van der Waals surface area contributed by atoms with Gasteiger partial charge >= 0.3 is 0 Å². The van der Waals surface area contributed by atoms with Gasteiger partial charge in [-0.15, -0.1) is 18.6 Å². The van der Waals surface area contributed by atoms with Crippen molar-refractivity contribution < 1.29 is 19.5 Å². The van der Waals surface area contributed by atoms with E-state index in [1.54, 1.807) is 0 Å². The molecule has 2 rings (SSSR count). The number of allylic oxidation sites excluding steroid dienone is 2. The smallest absolute Gasteiger partial charge is 0 e. The third-order valence-electron chi connectivity index (χ3n) is 2.46. The second-order valence-electron chi connectivity index (χ2n) is 4.14. The predicted octanol–water partition coefficient (Wildman–Crippen LogP) is 6.35. The topological polar surface area (TPSA) is 28.2 Å². The molecule has 0 aromatic heterocycles. The van der Waals surface area contributed by atoms with E-state index in [0.29, 0.717) is 12.1 Å². The van der Waals surface area contributed by atoms with E-state index in [0.717, 1.165) is 6.54 Å². The number of rotatable bonds is 3. The van der Waals surface area contributed by atoms with Gasteiger partial charge in [0.2, 0.25) is 0 Å². The third kappa shape index (κ3) is 19.9. The molecule has 0 amide bonds. The van der Waals surface area contributed by atoms with E-state index in [-0.39, 0.29) is 19.5 Å². The van der Waals surface area contributed by atoms with Gasteiger partial charge in [-0.25, -0.2) is 0 Å². The van der Waals surface area contributed by atoms with E-state index < -0.39 is 0 Å². The minimum absolute atomic E-state index is 0. The fourth-order valence-corrected chi connectivity index (χ4v) is 6.98. The molecule has 2 unspecified atom stereocenters. The summed E-state index contributed by atoms with van der Waals surface area (Å²) in [5.74, 6) is 0. The number of hydrogen-bond acceptors (Lipinski definition) is 6. The summed E-state index contributed by atoms with van der Waals surface area (Å²) in [7, 11) is 5.63. The van der Waals surface area contributed by atoms with Crippen LogP contribution in [-0.4, -0.2) is 18.6 Å². The molecule has 2 atom stereocenters. The molecule has 0 N–H and O–H groups in total. The summed E-state index contributed by atoms with van der Waals surface area (Å²) in [5.41, 5.74) is 0. The van der Waals surface area contributed by atoms with E-state index >= 15 is 0 Å². The molecule has 2 nitrogen and oxygen atoms in total. The molecule has 2 heterocycles. The van der Waals surface area contributed by atoms with Gasteiger partial charge in [0.05, 0.1) is 0 Å². The van der Waals surface area contributed by atoms with Gasteiger partial charge in [-0.1, -0.05) is 51.3 Å². The van der Waals surface area contributed by atoms with Crippen LogP contribution in [0.1, 0.15) is 33.1 Å². The summed E-state index contributed by atoms with van der Waals surface area (Å²) in [6.45, 7) is 5.36. The molecule has 0 bridgehead atoms. The van der Waals surface area contributed by atoms with Crippen LogP contribution in [-0.2, 0) is 42.8 Å². The second kappa shape index (κ2) is 20.0. The van der Waals surface area contributed by atoms with Crippen LogP contribution in [0.2, 0.25) is 0 Å². The van der Waals surface area contributed by atoms with Crippen molar-refractivity contribution in [2.45, 2.75) is 45.2 Å². The molecule has 1 fully saturated rings. The molecule has 9 heteroatoms. The summed E-state index contributed by atoms with van der Waals surface area (Å²) in [4.78, 5) is 0. The molecular weight excluding hydrogens is 430 g/mol. The fraction of sp³-hybridized carbons (Fsp3) is 0.667. The largest absolute Gasteiger partial charge is 0.706 e. The Balaban J connectivity index is 0. The molecule has 0 aliphatic carbocycles. The minimum Gasteiger partial charge on any atom is -0.706 e. The standard InChI is InChI=1S/C6H12N.C6H8N.H2S6.Zn/c2*1-6-4-2-3-5-7-6;1-3-5-6-4-2;/h6H,2-5H2,1H3;2-6H,1H3;1-2H;/q2*-1;;/p-2. The number of hydrogen-bond donors (Lipinski definition) is 0. The van der Waals surface area contributed by atoms with Gasteiger partial charge in [-0.2, -0.15) is 6.20 Å². The van der Waals surface area contributed by atoms with E-state index in [1.165, 1.54) is 58.6 Å². The van der Waals surface area contributed by atoms with Crippen LogP contribution in [0.25, 0.3) is 10.6 Å². The first-order valence-electron chi connectivity index (χ1n) is 6.32. The van der Waals surface area contributed by atoms with Crippen molar-refractivity contribution in [2.75, 3.05) is 6.54 Å². The minimum atomic E-state index is 0. The molecule has 120 valence electrons. The van der Waals surface area contributed by atoms with Crippen LogP contribution in [0.3, 0.4) is 0 Å². The van der Waals surface area contributed by atoms with Crippen molar-refractivity contribution in [1.82, 2.24) is 0 Å². The maximum absolute atomic E-state index is 4.52. The van der Waals surface area contributed by atoms with E-state index in [2.05, 4.69) is 53.9 Å². The van der Waals surface area contributed by atoms with Crippen LogP contribution < -0.4 is 0 Å². The maximum Gasteiger partial charge on any atom is 0 e. The Labute approximate surface area is 167 Å². The molecule has 1 saturated heterocycles. The van der Waals surface area contributed by atoms with Crippen molar-refractivity contribution in [3.63, 3.8) is 0 Å². The van der Waals surface area contributed by atoms with E-state index in [1.807, 2.05) is 18.4 Å². The Morgan fingerprint density at radius 3 is 1.95 bits per heavy atom. The van der Waals surface area contributed by atoms with Crippen molar-refractivity contribution in [2.24, 2.45) is 0 Å². The summed E-state index contributed by atoms with van der Waals surface area (Å²) in [6, 6.07) is 1.05. The van der Waals surface area contributed by atoms with Gasteiger partial charge in [0.25, 0.3) is 0 Å². The van der Waals surface area contributed by atoms with E-state index in [4.69, 9.17) is 0 Å². The molecule has 0 radical (unpaired) electrons. The normalized spacial score (nSPS) is 22.7. The zero-order chi connectivity index (χ0) is 15.1. The Morgan fingerprint density at radius 1 is 1.05 bits per heavy atom. The molecule has 0 aromatic rings. The summed E-state index contributed by atoms with van der Waals surface area (Å²) in [6.07, 6.45) is 11.9. The fourth-order valence-electron chi connectivity index (χ4n) is 1.49. The summed E-state index contributed by atoms with van der Waals surface area (Å²) >= 11 is 9.03. The Hall–Kier alpha value is 1.96. The van der Waals surface area contributed by atoms with E-state index in [9.17, 15) is 0 Å². The van der Waals surface area contributed by atoms with Gasteiger partial charge in [0, 0.05) is 19.5 Å². The molecule has 0 saturated carbocycles. The van der Waals surface area contributed by atoms with Crippen molar-refractivity contribution >= 4 is 62.6 Å². The first-order valence-corrected chi connectivity index (χ1v) is 13.0. The van der Waals surface area contributed by atoms with Crippen LogP contribution >= 0.6 is 39.3 Å². The molecule has 0 spiro atoms. The first kappa shape index (κ1) is 25.2. The SMILES string of the molecule is CC1C=CC=C[N-]1.CC1CCCC[N-]1.[S-]SSSS[S-].[Zn]. The predicted molar refractivity (Wildman–Crippen MR) is 108 cm³/mol. The monoisotopic (exact) mass is 448 g/mol. The van der Waals surface area contributed by atoms with Gasteiger partial charge in [-0.3, -0.25) is 19.7 Å². The molecule has 0 aromatic carbocycles. The zero-order valence-electron chi connectivity index (χ0n) is 12.3. The van der Waals surface area contributed by atoms with Crippen LogP contribution in [0.4, 0.5) is 0 Å². The zero-order valence-corrected chi connectivity index (χ0v) is 20.2. The van der Waals surface area contributed by atoms with Gasteiger partial charge in [0.1, 0.15) is 0 Å². The molecule has 21 heavy (non-hydrogen) atoms. The maximum atomic E-state index is 4.52. The van der Waals surface area contributed by atoms with Crippen molar-refractivity contribution in [1.29, 1.82) is 0 Å². The quantitative estimate of drug-likeness (QED) is 0.216. The third-order valence-corrected chi connectivity index (χ3v) is 9.13. The summed E-state index contributed by atoms with van der Waals surface area (Å²) in [5, 5.41) is 8.39. The Bertz CT molecular complexity index is 258. The Kier molecular flexibility index (Phi) is 24.0. The summed E-state index contributed by atoms with van der Waals surface area (Å²) < 4.78 is 0. The van der Waals surface area contributed by atoms with Crippen molar-refractivity contribution in [3.05, 3.63) is 35.1 Å². The van der Waals surface area contributed by atoms with Crippen LogP contribution in [0, 0.1) is 0 Å². The van der Waals surface area contributed by atoms with Gasteiger partial charge < -0.3 is 34.0 Å². The Morgan fingerprint density at radius 2 is 1.71 bits per heavy atom. The molecule has 2 aliphatic heterocycles. The first-order chi connectivity index (χ1) is 9.70. The molecular formula is C12H20N2S6Zn-4. The average molecular weight is 450 g/mol. The second-order valence-corrected chi connectivity index (χ2v) is 11.2. The van der Waals surface area contributed by atoms with Crippen molar-refractivity contribution in [3.8, 4) is 0 Å². The van der Waals surface area contributed by atoms with Gasteiger partial charge in [-0.05, 0) is 19.7 Å². The van der Waals surface area contributed by atoms with Crippen LogP contribution in [0.5, 0.6) is 0 Å².